The van der Waals surface area contributed by atoms with Crippen molar-refractivity contribution in [1.82, 2.24) is 5.32 Å². The highest BCUT2D eigenvalue weighted by Gasteiger charge is 2.36. The predicted octanol–water partition coefficient (Wildman–Crippen LogP) is 5.69. The van der Waals surface area contributed by atoms with Crippen LogP contribution in [-0.2, 0) is 9.59 Å². The maximum Gasteiger partial charge on any atom is 0.254 e. The van der Waals surface area contributed by atoms with E-state index in [-0.39, 0.29) is 17.6 Å². The third-order valence-corrected chi connectivity index (χ3v) is 6.82. The number of carbonyl (C=O) groups is 2. The summed E-state index contributed by atoms with van der Waals surface area (Å²) in [6.45, 7) is 6.07. The number of aryl methyl sites for hydroxylation is 1. The molecule has 194 valence electrons. The van der Waals surface area contributed by atoms with Gasteiger partial charge in [-0.3, -0.25) is 9.59 Å². The lowest BCUT2D eigenvalue weighted by Gasteiger charge is -2.28. The Bertz CT molecular complexity index is 1440. The van der Waals surface area contributed by atoms with Crippen molar-refractivity contribution in [3.05, 3.63) is 100 Å². The topological polar surface area (TPSA) is 116 Å². The molecule has 3 aromatic rings. The van der Waals surface area contributed by atoms with Gasteiger partial charge in [-0.25, -0.2) is 0 Å². The SMILES string of the molecule is CCOc1ccccc1NC(=O)CSC1=C(C#N)[C@H](c2ccco2)C(C(=O)Nc2cccc(C)c2)=C(C)N1. The number of hydrogen-bond acceptors (Lipinski definition) is 7. The molecule has 3 N–H and O–H groups in total. The lowest BCUT2D eigenvalue weighted by molar-refractivity contribution is -0.114. The van der Waals surface area contributed by atoms with E-state index in [1.807, 2.05) is 50.2 Å². The van der Waals surface area contributed by atoms with Gasteiger partial charge < -0.3 is 25.1 Å². The lowest BCUT2D eigenvalue weighted by atomic mass is 9.85. The maximum atomic E-state index is 13.5. The standard InChI is InChI=1S/C29H28N4O4S/c1-4-36-23-12-6-5-11-22(23)33-25(34)17-38-29-21(16-30)27(24-13-8-14-37-24)26(19(3)31-29)28(35)32-20-10-7-9-18(2)15-20/h5-15,27,31H,4,17H2,1-3H3,(H,32,35)(H,33,34)/t27-/m1/s1. The van der Waals surface area contributed by atoms with Gasteiger partial charge in [0.05, 0.1) is 52.5 Å². The number of thioether (sulfide) groups is 1. The van der Waals surface area contributed by atoms with Crippen molar-refractivity contribution >= 4 is 35.0 Å². The second kappa shape index (κ2) is 12.2. The van der Waals surface area contributed by atoms with Crippen molar-refractivity contribution in [2.75, 3.05) is 23.0 Å². The number of carbonyl (C=O) groups excluding carboxylic acids is 2. The molecule has 0 saturated heterocycles. The number of nitriles is 1. The van der Waals surface area contributed by atoms with Gasteiger partial charge in [0.25, 0.3) is 5.91 Å². The van der Waals surface area contributed by atoms with E-state index in [2.05, 4.69) is 22.0 Å². The number of nitrogens with zero attached hydrogens (tertiary/aromatic N) is 1. The molecule has 2 aromatic carbocycles. The number of para-hydroxylation sites is 2. The normalized spacial score (nSPS) is 14.9. The fourth-order valence-electron chi connectivity index (χ4n) is 4.16. The molecular formula is C29H28N4O4S. The van der Waals surface area contributed by atoms with E-state index in [1.54, 1.807) is 31.2 Å². The number of dihydropyridines is 1. The number of hydrogen-bond donors (Lipinski definition) is 3. The molecule has 1 aliphatic heterocycles. The molecule has 0 aliphatic carbocycles. The van der Waals surface area contributed by atoms with Crippen LogP contribution < -0.4 is 20.7 Å². The first kappa shape index (κ1) is 26.6. The fourth-order valence-corrected chi connectivity index (χ4v) is 5.06. The summed E-state index contributed by atoms with van der Waals surface area (Å²) in [4.78, 5) is 26.2. The zero-order valence-corrected chi connectivity index (χ0v) is 22.1. The Morgan fingerprint density at radius 2 is 1.92 bits per heavy atom. The minimum absolute atomic E-state index is 0.0386. The fraction of sp³-hybridized carbons (Fsp3) is 0.207. The van der Waals surface area contributed by atoms with Crippen LogP contribution in [0.5, 0.6) is 5.75 Å². The minimum Gasteiger partial charge on any atom is -0.492 e. The Morgan fingerprint density at radius 3 is 2.63 bits per heavy atom. The van der Waals surface area contributed by atoms with Crippen LogP contribution in [0.3, 0.4) is 0 Å². The van der Waals surface area contributed by atoms with E-state index in [9.17, 15) is 14.9 Å². The summed E-state index contributed by atoms with van der Waals surface area (Å²) in [6.07, 6.45) is 1.51. The van der Waals surface area contributed by atoms with Crippen molar-refractivity contribution in [3.63, 3.8) is 0 Å². The Morgan fingerprint density at radius 1 is 1.11 bits per heavy atom. The summed E-state index contributed by atoms with van der Waals surface area (Å²) in [5.41, 5.74) is 3.48. The highest BCUT2D eigenvalue weighted by molar-refractivity contribution is 8.03. The second-order valence-corrected chi connectivity index (χ2v) is 9.54. The molecule has 8 nitrogen and oxygen atoms in total. The van der Waals surface area contributed by atoms with E-state index >= 15 is 0 Å². The highest BCUT2D eigenvalue weighted by Crippen LogP contribution is 2.41. The molecule has 38 heavy (non-hydrogen) atoms. The second-order valence-electron chi connectivity index (χ2n) is 8.56. The first-order valence-electron chi connectivity index (χ1n) is 12.1. The number of amides is 2. The number of ether oxygens (including phenoxy) is 1. The van der Waals surface area contributed by atoms with Crippen molar-refractivity contribution in [3.8, 4) is 11.8 Å². The van der Waals surface area contributed by atoms with E-state index in [1.165, 1.54) is 18.0 Å². The predicted molar refractivity (Wildman–Crippen MR) is 148 cm³/mol. The average Bonchev–Trinajstić information content (AvgIpc) is 3.43. The minimum atomic E-state index is -0.731. The number of anilines is 2. The van der Waals surface area contributed by atoms with Crippen LogP contribution >= 0.6 is 11.8 Å². The Labute approximate surface area is 225 Å². The van der Waals surface area contributed by atoms with Crippen molar-refractivity contribution in [2.45, 2.75) is 26.7 Å². The summed E-state index contributed by atoms with van der Waals surface area (Å²) in [7, 11) is 0. The molecule has 2 heterocycles. The van der Waals surface area contributed by atoms with E-state index in [0.717, 1.165) is 5.56 Å². The van der Waals surface area contributed by atoms with Crippen LogP contribution in [0.4, 0.5) is 11.4 Å². The van der Waals surface area contributed by atoms with Gasteiger partial charge in [0.2, 0.25) is 5.91 Å². The van der Waals surface area contributed by atoms with E-state index in [0.29, 0.717) is 51.4 Å². The number of furan rings is 1. The summed E-state index contributed by atoms with van der Waals surface area (Å²) < 4.78 is 11.2. The molecule has 1 atom stereocenters. The van der Waals surface area contributed by atoms with Gasteiger partial charge in [-0.15, -0.1) is 0 Å². The van der Waals surface area contributed by atoms with Crippen LogP contribution in [0.25, 0.3) is 0 Å². The quantitative estimate of drug-likeness (QED) is 0.326. The molecule has 0 spiro atoms. The average molecular weight is 529 g/mol. The zero-order chi connectivity index (χ0) is 27.1. The molecule has 4 rings (SSSR count). The molecule has 1 aliphatic rings. The summed E-state index contributed by atoms with van der Waals surface area (Å²) >= 11 is 1.19. The summed E-state index contributed by atoms with van der Waals surface area (Å²) in [6, 6.07) is 20.4. The third kappa shape index (κ3) is 6.10. The van der Waals surface area contributed by atoms with Crippen LogP contribution in [0.2, 0.25) is 0 Å². The molecular weight excluding hydrogens is 500 g/mol. The summed E-state index contributed by atoms with van der Waals surface area (Å²) in [5.74, 6) is -0.244. The van der Waals surface area contributed by atoms with Crippen LogP contribution in [-0.4, -0.2) is 24.2 Å². The van der Waals surface area contributed by atoms with Gasteiger partial charge in [-0.1, -0.05) is 36.0 Å². The number of allylic oxidation sites excluding steroid dienone is 2. The molecule has 0 saturated carbocycles. The highest BCUT2D eigenvalue weighted by atomic mass is 32.2. The van der Waals surface area contributed by atoms with Crippen LogP contribution in [0, 0.1) is 18.3 Å². The summed E-state index contributed by atoms with van der Waals surface area (Å²) in [5, 5.41) is 19.6. The molecule has 1 aromatic heterocycles. The third-order valence-electron chi connectivity index (χ3n) is 5.80. The van der Waals surface area contributed by atoms with Gasteiger partial charge in [0, 0.05) is 11.4 Å². The monoisotopic (exact) mass is 528 g/mol. The molecule has 0 radical (unpaired) electrons. The largest absolute Gasteiger partial charge is 0.492 e. The molecule has 9 heteroatoms. The van der Waals surface area contributed by atoms with Crippen molar-refractivity contribution in [1.29, 1.82) is 5.26 Å². The van der Waals surface area contributed by atoms with E-state index < -0.39 is 5.92 Å². The molecule has 0 unspecified atom stereocenters. The Hall–Kier alpha value is -4.42. The maximum absolute atomic E-state index is 13.5. The first-order valence-corrected chi connectivity index (χ1v) is 13.1. The lowest BCUT2D eigenvalue weighted by Crippen LogP contribution is -2.31. The smallest absolute Gasteiger partial charge is 0.254 e. The van der Waals surface area contributed by atoms with Gasteiger partial charge in [0.1, 0.15) is 11.5 Å². The van der Waals surface area contributed by atoms with Gasteiger partial charge >= 0.3 is 0 Å². The van der Waals surface area contributed by atoms with Gasteiger partial charge in [-0.2, -0.15) is 5.26 Å². The van der Waals surface area contributed by atoms with Crippen molar-refractivity contribution < 1.29 is 18.7 Å². The number of benzene rings is 2. The first-order chi connectivity index (χ1) is 18.4. The van der Waals surface area contributed by atoms with E-state index in [4.69, 9.17) is 9.15 Å². The zero-order valence-electron chi connectivity index (χ0n) is 21.3. The van der Waals surface area contributed by atoms with Gasteiger partial charge in [0.15, 0.2) is 0 Å². The van der Waals surface area contributed by atoms with Crippen LogP contribution in [0.15, 0.2) is 93.2 Å². The molecule has 0 fully saturated rings. The Kier molecular flexibility index (Phi) is 8.56. The molecule has 2 amide bonds. The Balaban J connectivity index is 1.57. The van der Waals surface area contributed by atoms with Crippen molar-refractivity contribution in [2.24, 2.45) is 0 Å². The van der Waals surface area contributed by atoms with Crippen LogP contribution in [0.1, 0.15) is 31.1 Å². The van der Waals surface area contributed by atoms with Gasteiger partial charge in [-0.05, 0) is 62.7 Å². The number of rotatable bonds is 9. The number of nitrogens with one attached hydrogen (secondary N) is 3. The molecule has 0 bridgehead atoms.